The molecule has 0 aliphatic rings. The minimum atomic E-state index is 0.450. The van der Waals surface area contributed by atoms with Gasteiger partial charge in [0, 0.05) is 25.0 Å². The Kier molecular flexibility index (Phi) is 4.85. The summed E-state index contributed by atoms with van der Waals surface area (Å²) in [6.07, 6.45) is 2.68. The number of furan rings is 1. The first-order chi connectivity index (χ1) is 7.08. The van der Waals surface area contributed by atoms with Crippen LogP contribution in [0, 0.1) is 0 Å². The number of likely N-dealkylation sites (N-methyl/N-ethyl adjacent to an activating group) is 1. The van der Waals surface area contributed by atoms with Gasteiger partial charge in [-0.1, -0.05) is 0 Å². The van der Waals surface area contributed by atoms with Crippen LogP contribution in [-0.2, 0) is 6.42 Å². The molecule has 1 aromatic heterocycles. The van der Waals surface area contributed by atoms with Crippen molar-refractivity contribution in [2.75, 3.05) is 20.6 Å². The van der Waals surface area contributed by atoms with Crippen LogP contribution < -0.4 is 5.32 Å². The third-order valence-electron chi connectivity index (χ3n) is 2.30. The fourth-order valence-electron chi connectivity index (χ4n) is 1.88. The Morgan fingerprint density at radius 3 is 2.60 bits per heavy atom. The molecule has 2 unspecified atom stereocenters. The zero-order valence-electron chi connectivity index (χ0n) is 10.2. The van der Waals surface area contributed by atoms with Crippen LogP contribution in [0.5, 0.6) is 0 Å². The summed E-state index contributed by atoms with van der Waals surface area (Å²) in [5, 5.41) is 3.55. The van der Waals surface area contributed by atoms with E-state index >= 15 is 0 Å². The van der Waals surface area contributed by atoms with E-state index in [1.54, 1.807) is 6.26 Å². The van der Waals surface area contributed by atoms with Crippen LogP contribution in [0.1, 0.15) is 19.6 Å². The molecule has 15 heavy (non-hydrogen) atoms. The molecule has 3 heteroatoms. The van der Waals surface area contributed by atoms with Crippen LogP contribution in [0.15, 0.2) is 22.8 Å². The maximum absolute atomic E-state index is 5.32. The van der Waals surface area contributed by atoms with Crippen LogP contribution in [0.25, 0.3) is 0 Å². The SMILES string of the molecule is CC(Cc1ccco1)NC(C)CN(C)C. The van der Waals surface area contributed by atoms with Crippen LogP contribution in [0.3, 0.4) is 0 Å². The van der Waals surface area contributed by atoms with Crippen molar-refractivity contribution >= 4 is 0 Å². The lowest BCUT2D eigenvalue weighted by Crippen LogP contribution is -2.41. The zero-order chi connectivity index (χ0) is 11.3. The molecular formula is C12H22N2O. The maximum atomic E-state index is 5.32. The highest BCUT2D eigenvalue weighted by atomic mass is 16.3. The molecule has 0 aliphatic carbocycles. The number of rotatable bonds is 6. The second-order valence-corrected chi connectivity index (χ2v) is 4.51. The number of hydrogen-bond acceptors (Lipinski definition) is 3. The van der Waals surface area contributed by atoms with Crippen LogP contribution in [-0.4, -0.2) is 37.6 Å². The van der Waals surface area contributed by atoms with Gasteiger partial charge in [0.1, 0.15) is 5.76 Å². The lowest BCUT2D eigenvalue weighted by atomic mass is 10.1. The van der Waals surface area contributed by atoms with Crippen LogP contribution in [0.4, 0.5) is 0 Å². The Hall–Kier alpha value is -0.800. The number of hydrogen-bond donors (Lipinski definition) is 1. The summed E-state index contributed by atoms with van der Waals surface area (Å²) >= 11 is 0. The first kappa shape index (κ1) is 12.3. The van der Waals surface area contributed by atoms with E-state index in [0.717, 1.165) is 18.7 Å². The summed E-state index contributed by atoms with van der Waals surface area (Å²) < 4.78 is 5.32. The van der Waals surface area contributed by atoms with Gasteiger partial charge < -0.3 is 14.6 Å². The Morgan fingerprint density at radius 2 is 2.07 bits per heavy atom. The van der Waals surface area contributed by atoms with Gasteiger partial charge in [-0.2, -0.15) is 0 Å². The van der Waals surface area contributed by atoms with Crippen molar-refractivity contribution < 1.29 is 4.42 Å². The van der Waals surface area contributed by atoms with Crippen molar-refractivity contribution in [1.29, 1.82) is 0 Å². The molecule has 0 radical (unpaired) electrons. The molecule has 0 amide bonds. The summed E-state index contributed by atoms with van der Waals surface area (Å²) in [6.45, 7) is 5.45. The molecule has 0 bridgehead atoms. The quantitative estimate of drug-likeness (QED) is 0.775. The average Bonchev–Trinajstić information content (AvgIpc) is 2.53. The first-order valence-electron chi connectivity index (χ1n) is 5.51. The molecule has 86 valence electrons. The highest BCUT2D eigenvalue weighted by Crippen LogP contribution is 2.04. The van der Waals surface area contributed by atoms with Gasteiger partial charge >= 0.3 is 0 Å². The molecule has 2 atom stereocenters. The second kappa shape index (κ2) is 5.93. The van der Waals surface area contributed by atoms with E-state index < -0.39 is 0 Å². The molecule has 1 N–H and O–H groups in total. The van der Waals surface area contributed by atoms with Gasteiger partial charge in [-0.3, -0.25) is 0 Å². The molecule has 3 nitrogen and oxygen atoms in total. The van der Waals surface area contributed by atoms with Crippen molar-refractivity contribution in [3.63, 3.8) is 0 Å². The molecule has 0 fully saturated rings. The van der Waals surface area contributed by atoms with Gasteiger partial charge in [-0.15, -0.1) is 0 Å². The van der Waals surface area contributed by atoms with Crippen LogP contribution >= 0.6 is 0 Å². The Labute approximate surface area is 92.5 Å². The predicted octanol–water partition coefficient (Wildman–Crippen LogP) is 1.75. The summed E-state index contributed by atoms with van der Waals surface area (Å²) in [4.78, 5) is 2.19. The van der Waals surface area contributed by atoms with E-state index in [0.29, 0.717) is 12.1 Å². The minimum absolute atomic E-state index is 0.450. The van der Waals surface area contributed by atoms with E-state index in [4.69, 9.17) is 4.42 Å². The summed E-state index contributed by atoms with van der Waals surface area (Å²) in [7, 11) is 4.19. The molecule has 0 spiro atoms. The topological polar surface area (TPSA) is 28.4 Å². The van der Waals surface area contributed by atoms with Crippen molar-refractivity contribution in [1.82, 2.24) is 10.2 Å². The smallest absolute Gasteiger partial charge is 0.105 e. The maximum Gasteiger partial charge on any atom is 0.105 e. The third kappa shape index (κ3) is 5.00. The van der Waals surface area contributed by atoms with Crippen LogP contribution in [0.2, 0.25) is 0 Å². The van der Waals surface area contributed by atoms with Gasteiger partial charge in [-0.05, 0) is 40.1 Å². The van der Waals surface area contributed by atoms with Crippen molar-refractivity contribution in [3.8, 4) is 0 Å². The number of nitrogens with zero attached hydrogens (tertiary/aromatic N) is 1. The molecule has 0 aromatic carbocycles. The van der Waals surface area contributed by atoms with E-state index in [1.165, 1.54) is 0 Å². The Morgan fingerprint density at radius 1 is 1.33 bits per heavy atom. The summed E-state index contributed by atoms with van der Waals surface area (Å²) in [6, 6.07) is 4.91. The molecular weight excluding hydrogens is 188 g/mol. The number of nitrogens with one attached hydrogen (secondary N) is 1. The van der Waals surface area contributed by atoms with Gasteiger partial charge in [0.15, 0.2) is 0 Å². The highest BCUT2D eigenvalue weighted by molar-refractivity contribution is 5.00. The molecule has 0 aliphatic heterocycles. The van der Waals surface area contributed by atoms with E-state index in [1.807, 2.05) is 12.1 Å². The monoisotopic (exact) mass is 210 g/mol. The average molecular weight is 210 g/mol. The summed E-state index contributed by atoms with van der Waals surface area (Å²) in [5.74, 6) is 1.05. The molecule has 1 heterocycles. The van der Waals surface area contributed by atoms with Gasteiger partial charge in [0.25, 0.3) is 0 Å². The van der Waals surface area contributed by atoms with Crippen molar-refractivity contribution in [3.05, 3.63) is 24.2 Å². The van der Waals surface area contributed by atoms with E-state index in [9.17, 15) is 0 Å². The van der Waals surface area contributed by atoms with Gasteiger partial charge in [0.05, 0.1) is 6.26 Å². The highest BCUT2D eigenvalue weighted by Gasteiger charge is 2.09. The standard InChI is InChI=1S/C12H22N2O/c1-10(8-12-6-5-7-15-12)13-11(2)9-14(3)4/h5-7,10-11,13H,8-9H2,1-4H3. The molecule has 0 saturated heterocycles. The second-order valence-electron chi connectivity index (χ2n) is 4.51. The molecule has 1 aromatic rings. The fourth-order valence-corrected chi connectivity index (χ4v) is 1.88. The fraction of sp³-hybridized carbons (Fsp3) is 0.667. The lowest BCUT2D eigenvalue weighted by Gasteiger charge is -2.22. The van der Waals surface area contributed by atoms with E-state index in [-0.39, 0.29) is 0 Å². The first-order valence-corrected chi connectivity index (χ1v) is 5.51. The van der Waals surface area contributed by atoms with Crippen molar-refractivity contribution in [2.45, 2.75) is 32.4 Å². The normalized spacial score (nSPS) is 15.5. The predicted molar refractivity (Wildman–Crippen MR) is 63.0 cm³/mol. The lowest BCUT2D eigenvalue weighted by molar-refractivity contribution is 0.327. The van der Waals surface area contributed by atoms with Gasteiger partial charge in [-0.25, -0.2) is 0 Å². The minimum Gasteiger partial charge on any atom is -0.469 e. The molecule has 0 saturated carbocycles. The largest absolute Gasteiger partial charge is 0.469 e. The van der Waals surface area contributed by atoms with Gasteiger partial charge in [0.2, 0.25) is 0 Å². The van der Waals surface area contributed by atoms with E-state index in [2.05, 4.69) is 38.2 Å². The third-order valence-corrected chi connectivity index (χ3v) is 2.30. The molecule has 1 rings (SSSR count). The summed E-state index contributed by atoms with van der Waals surface area (Å²) in [5.41, 5.74) is 0. The Balaban J connectivity index is 2.26. The van der Waals surface area contributed by atoms with Crippen molar-refractivity contribution in [2.24, 2.45) is 0 Å². The zero-order valence-corrected chi connectivity index (χ0v) is 10.2. The Bertz CT molecular complexity index is 257.